The fourth-order valence-electron chi connectivity index (χ4n) is 1.41. The highest BCUT2D eigenvalue weighted by Gasteiger charge is 2.13. The summed E-state index contributed by atoms with van der Waals surface area (Å²) in [5.41, 5.74) is -0.0163. The molecule has 0 aliphatic heterocycles. The lowest BCUT2D eigenvalue weighted by Gasteiger charge is -2.07. The number of anilines is 1. The molecule has 1 amide bonds. The minimum atomic E-state index is -0.710. The summed E-state index contributed by atoms with van der Waals surface area (Å²) in [6.45, 7) is 0. The van der Waals surface area contributed by atoms with Crippen LogP contribution in [0.4, 0.5) is 14.5 Å². The molecule has 0 atom stereocenters. The molecule has 98 valence electrons. The summed E-state index contributed by atoms with van der Waals surface area (Å²) >= 11 is 11.3. The predicted octanol–water partition coefficient (Wildman–Crippen LogP) is 3.92. The monoisotopic (exact) mass is 302 g/mol. The molecular formula is C12H6Cl2F2N2O. The maximum absolute atomic E-state index is 13.1. The molecule has 0 radical (unpaired) electrons. The Kier molecular flexibility index (Phi) is 3.97. The summed E-state index contributed by atoms with van der Waals surface area (Å²) in [4.78, 5) is 15.3. The smallest absolute Gasteiger partial charge is 0.258 e. The van der Waals surface area contributed by atoms with Crippen molar-refractivity contribution in [3.63, 3.8) is 0 Å². The van der Waals surface area contributed by atoms with Gasteiger partial charge < -0.3 is 5.32 Å². The van der Waals surface area contributed by atoms with Gasteiger partial charge in [-0.1, -0.05) is 23.2 Å². The van der Waals surface area contributed by atoms with Crippen molar-refractivity contribution in [3.8, 4) is 0 Å². The Morgan fingerprint density at radius 3 is 2.53 bits per heavy atom. The highest BCUT2D eigenvalue weighted by atomic mass is 35.5. The minimum absolute atomic E-state index is 0.124. The number of nitrogens with zero attached hydrogens (tertiary/aromatic N) is 1. The van der Waals surface area contributed by atoms with Crippen LogP contribution in [0.3, 0.4) is 0 Å². The number of amides is 1. The third-order valence-electron chi connectivity index (χ3n) is 2.17. The van der Waals surface area contributed by atoms with Crippen molar-refractivity contribution >= 4 is 34.8 Å². The van der Waals surface area contributed by atoms with E-state index < -0.39 is 17.5 Å². The van der Waals surface area contributed by atoms with Gasteiger partial charge in [0.25, 0.3) is 5.91 Å². The van der Waals surface area contributed by atoms with Crippen LogP contribution in [0, 0.1) is 11.6 Å². The van der Waals surface area contributed by atoms with Crippen molar-refractivity contribution in [1.82, 2.24) is 4.98 Å². The van der Waals surface area contributed by atoms with Gasteiger partial charge in [-0.3, -0.25) is 4.79 Å². The number of aromatic nitrogens is 1. The van der Waals surface area contributed by atoms with Crippen molar-refractivity contribution in [2.24, 2.45) is 0 Å². The highest BCUT2D eigenvalue weighted by molar-refractivity contribution is 6.33. The van der Waals surface area contributed by atoms with Crippen LogP contribution < -0.4 is 5.32 Å². The van der Waals surface area contributed by atoms with Crippen molar-refractivity contribution in [1.29, 1.82) is 0 Å². The largest absolute Gasteiger partial charge is 0.322 e. The van der Waals surface area contributed by atoms with Crippen molar-refractivity contribution < 1.29 is 13.6 Å². The van der Waals surface area contributed by atoms with E-state index in [-0.39, 0.29) is 21.4 Å². The highest BCUT2D eigenvalue weighted by Crippen LogP contribution is 2.20. The van der Waals surface area contributed by atoms with E-state index in [1.54, 1.807) is 0 Å². The first-order valence-corrected chi connectivity index (χ1v) is 5.80. The molecule has 1 aromatic heterocycles. The maximum atomic E-state index is 13.1. The lowest BCUT2D eigenvalue weighted by atomic mass is 10.2. The SMILES string of the molecule is O=C(Nc1cc(F)cc(Cl)c1)c1cc(F)cnc1Cl. The summed E-state index contributed by atoms with van der Waals surface area (Å²) in [5.74, 6) is -2.02. The minimum Gasteiger partial charge on any atom is -0.322 e. The summed E-state index contributed by atoms with van der Waals surface area (Å²) in [7, 11) is 0. The molecular weight excluding hydrogens is 297 g/mol. The molecule has 0 aliphatic rings. The van der Waals surface area contributed by atoms with Crippen LogP contribution in [0.15, 0.2) is 30.5 Å². The van der Waals surface area contributed by atoms with Gasteiger partial charge in [-0.05, 0) is 24.3 Å². The van der Waals surface area contributed by atoms with Crippen molar-refractivity contribution in [3.05, 3.63) is 57.8 Å². The summed E-state index contributed by atoms with van der Waals surface area (Å²) in [6.07, 6.45) is 0.887. The Balaban J connectivity index is 2.28. The Hall–Kier alpha value is -1.72. The number of benzene rings is 1. The van der Waals surface area contributed by atoms with Crippen LogP contribution in [0.25, 0.3) is 0 Å². The van der Waals surface area contributed by atoms with E-state index >= 15 is 0 Å². The summed E-state index contributed by atoms with van der Waals surface area (Å²) < 4.78 is 26.1. The Morgan fingerprint density at radius 1 is 1.11 bits per heavy atom. The van der Waals surface area contributed by atoms with Gasteiger partial charge in [0, 0.05) is 10.7 Å². The van der Waals surface area contributed by atoms with Gasteiger partial charge in [0.15, 0.2) is 0 Å². The van der Waals surface area contributed by atoms with Gasteiger partial charge in [0.05, 0.1) is 11.8 Å². The van der Waals surface area contributed by atoms with Crippen LogP contribution in [0.1, 0.15) is 10.4 Å². The number of hydrogen-bond donors (Lipinski definition) is 1. The summed E-state index contributed by atoms with van der Waals surface area (Å²) in [5, 5.41) is 2.33. The zero-order valence-corrected chi connectivity index (χ0v) is 10.8. The van der Waals surface area contributed by atoms with E-state index in [9.17, 15) is 13.6 Å². The molecule has 7 heteroatoms. The summed E-state index contributed by atoms with van der Waals surface area (Å²) in [6, 6.07) is 4.45. The van der Waals surface area contributed by atoms with Crippen molar-refractivity contribution in [2.75, 3.05) is 5.32 Å². The van der Waals surface area contributed by atoms with Crippen LogP contribution in [0.2, 0.25) is 10.2 Å². The molecule has 3 nitrogen and oxygen atoms in total. The van der Waals surface area contributed by atoms with E-state index in [0.717, 1.165) is 24.4 Å². The van der Waals surface area contributed by atoms with E-state index in [1.165, 1.54) is 6.07 Å². The Labute approximate surface area is 117 Å². The number of halogens is 4. The number of nitrogens with one attached hydrogen (secondary N) is 1. The second-order valence-corrected chi connectivity index (χ2v) is 4.40. The average molecular weight is 303 g/mol. The topological polar surface area (TPSA) is 42.0 Å². The molecule has 1 aromatic carbocycles. The fourth-order valence-corrected chi connectivity index (χ4v) is 1.82. The molecule has 2 aromatic rings. The van der Waals surface area contributed by atoms with Crippen LogP contribution in [0.5, 0.6) is 0 Å². The van der Waals surface area contributed by atoms with E-state index in [4.69, 9.17) is 23.2 Å². The van der Waals surface area contributed by atoms with Gasteiger partial charge in [0.2, 0.25) is 0 Å². The zero-order chi connectivity index (χ0) is 14.0. The molecule has 0 spiro atoms. The van der Waals surface area contributed by atoms with Crippen LogP contribution in [-0.2, 0) is 0 Å². The first-order chi connectivity index (χ1) is 8.95. The fraction of sp³-hybridized carbons (Fsp3) is 0. The lowest BCUT2D eigenvalue weighted by molar-refractivity contribution is 0.102. The van der Waals surface area contributed by atoms with Gasteiger partial charge >= 0.3 is 0 Å². The van der Waals surface area contributed by atoms with E-state index in [1.807, 2.05) is 0 Å². The molecule has 19 heavy (non-hydrogen) atoms. The molecule has 0 fully saturated rings. The molecule has 0 bridgehead atoms. The third kappa shape index (κ3) is 3.39. The third-order valence-corrected chi connectivity index (χ3v) is 2.69. The van der Waals surface area contributed by atoms with Gasteiger partial charge in [0.1, 0.15) is 16.8 Å². The predicted molar refractivity (Wildman–Crippen MR) is 68.6 cm³/mol. The lowest BCUT2D eigenvalue weighted by Crippen LogP contribution is -2.13. The molecule has 0 unspecified atom stereocenters. The van der Waals surface area contributed by atoms with Gasteiger partial charge in [-0.2, -0.15) is 0 Å². The number of carbonyl (C=O) groups is 1. The van der Waals surface area contributed by atoms with Crippen LogP contribution >= 0.6 is 23.2 Å². The van der Waals surface area contributed by atoms with Gasteiger partial charge in [-0.15, -0.1) is 0 Å². The number of hydrogen-bond acceptors (Lipinski definition) is 2. The average Bonchev–Trinajstić information content (AvgIpc) is 2.30. The number of pyridine rings is 1. The van der Waals surface area contributed by atoms with E-state index in [2.05, 4.69) is 10.3 Å². The number of carbonyl (C=O) groups excluding carboxylic acids is 1. The first kappa shape index (κ1) is 13.7. The molecule has 1 heterocycles. The Bertz CT molecular complexity index is 629. The second kappa shape index (κ2) is 5.50. The standard InChI is InChI=1S/C12H6Cl2F2N2O/c13-6-1-7(15)3-9(2-6)18-12(19)10-4-8(16)5-17-11(10)14/h1-5H,(H,18,19). The quantitative estimate of drug-likeness (QED) is 0.854. The maximum Gasteiger partial charge on any atom is 0.258 e. The molecule has 1 N–H and O–H groups in total. The molecule has 0 saturated heterocycles. The van der Waals surface area contributed by atoms with Crippen LogP contribution in [-0.4, -0.2) is 10.9 Å². The second-order valence-electron chi connectivity index (χ2n) is 3.60. The zero-order valence-electron chi connectivity index (χ0n) is 9.25. The van der Waals surface area contributed by atoms with Gasteiger partial charge in [-0.25, -0.2) is 13.8 Å². The van der Waals surface area contributed by atoms with E-state index in [0.29, 0.717) is 0 Å². The molecule has 0 saturated carbocycles. The molecule has 2 rings (SSSR count). The Morgan fingerprint density at radius 2 is 1.84 bits per heavy atom. The van der Waals surface area contributed by atoms with Crippen molar-refractivity contribution in [2.45, 2.75) is 0 Å². The number of rotatable bonds is 2. The normalized spacial score (nSPS) is 10.3. The molecule has 0 aliphatic carbocycles. The first-order valence-electron chi connectivity index (χ1n) is 5.04.